The molecule has 0 aliphatic rings. The summed E-state index contributed by atoms with van der Waals surface area (Å²) in [6.45, 7) is 1.76. The average Bonchev–Trinajstić information content (AvgIpc) is 2.13. The fraction of sp³-hybridized carbons (Fsp3) is 0.400. The molecule has 0 saturated heterocycles. The molecule has 0 aromatic rings. The third-order valence-corrected chi connectivity index (χ3v) is 1.23. The van der Waals surface area contributed by atoms with Crippen LogP contribution in [0.15, 0.2) is 23.7 Å². The monoisotopic (exact) mass is 369 g/mol. The maximum atomic E-state index is 11.3. The van der Waals surface area contributed by atoms with Crippen molar-refractivity contribution in [2.45, 2.75) is 26.2 Å². The van der Waals surface area contributed by atoms with Crippen LogP contribution >= 0.6 is 0 Å². The molecular formula is C10H8CuF6O4. The van der Waals surface area contributed by atoms with Gasteiger partial charge in [0.25, 0.3) is 0 Å². The zero-order valence-corrected chi connectivity index (χ0v) is 11.3. The van der Waals surface area contributed by atoms with Crippen molar-refractivity contribution < 1.29 is 63.2 Å². The molecule has 4 nitrogen and oxygen atoms in total. The Hall–Kier alpha value is -1.48. The van der Waals surface area contributed by atoms with E-state index in [1.54, 1.807) is 0 Å². The summed E-state index contributed by atoms with van der Waals surface area (Å²) < 4.78 is 67.7. The molecule has 21 heavy (non-hydrogen) atoms. The van der Waals surface area contributed by atoms with Gasteiger partial charge < -0.3 is 10.2 Å². The summed E-state index contributed by atoms with van der Waals surface area (Å²) in [6.07, 6.45) is -9.82. The first-order chi connectivity index (χ1) is 8.67. The van der Waals surface area contributed by atoms with Crippen molar-refractivity contribution in [3.63, 3.8) is 0 Å². The van der Waals surface area contributed by atoms with Gasteiger partial charge in [-0.1, -0.05) is 0 Å². The van der Waals surface area contributed by atoms with Gasteiger partial charge in [0.05, 0.1) is 0 Å². The van der Waals surface area contributed by atoms with Gasteiger partial charge in [-0.25, -0.2) is 0 Å². The molecule has 0 spiro atoms. The molecule has 0 aliphatic heterocycles. The van der Waals surface area contributed by atoms with E-state index in [1.807, 2.05) is 0 Å². The molecule has 0 unspecified atom stereocenters. The Bertz CT molecular complexity index is 382. The zero-order valence-electron chi connectivity index (χ0n) is 10.4. The van der Waals surface area contributed by atoms with Gasteiger partial charge in [0.15, 0.2) is 11.6 Å². The number of rotatable bonds is 2. The molecule has 0 fully saturated rings. The third-order valence-electron chi connectivity index (χ3n) is 1.23. The molecule has 0 saturated carbocycles. The van der Waals surface area contributed by atoms with Crippen molar-refractivity contribution >= 4 is 11.6 Å². The topological polar surface area (TPSA) is 80.3 Å². The minimum Gasteiger partial charge on any atom is -0.869 e. The summed E-state index contributed by atoms with van der Waals surface area (Å²) in [7, 11) is 0. The van der Waals surface area contributed by atoms with Crippen LogP contribution in [0.1, 0.15) is 13.8 Å². The van der Waals surface area contributed by atoms with Crippen molar-refractivity contribution in [1.82, 2.24) is 0 Å². The van der Waals surface area contributed by atoms with Crippen LogP contribution in [0.2, 0.25) is 0 Å². The molecule has 0 aliphatic carbocycles. The van der Waals surface area contributed by atoms with Crippen LogP contribution in [-0.4, -0.2) is 23.9 Å². The second-order valence-corrected chi connectivity index (χ2v) is 3.23. The van der Waals surface area contributed by atoms with E-state index in [2.05, 4.69) is 0 Å². The summed E-state index contributed by atoms with van der Waals surface area (Å²) in [6, 6.07) is 0. The standard InChI is InChI=1S/2C5H5F3O2.Cu/c2*1-3(9)2-4(10)5(6,7)8;/h2*2,10H,1H3;/q;;+2/p-2/b4-2+;4-2-;. The van der Waals surface area contributed by atoms with E-state index in [1.165, 1.54) is 0 Å². The predicted octanol–water partition coefficient (Wildman–Crippen LogP) is 0.761. The number of hydrogen-bond acceptors (Lipinski definition) is 4. The zero-order chi connectivity index (χ0) is 16.7. The Kier molecular flexibility index (Phi) is 11.0. The van der Waals surface area contributed by atoms with Crippen molar-refractivity contribution in [3.05, 3.63) is 23.7 Å². The number of ketones is 2. The summed E-state index contributed by atoms with van der Waals surface area (Å²) >= 11 is 0. The molecule has 0 N–H and O–H groups in total. The maximum absolute atomic E-state index is 11.3. The Morgan fingerprint density at radius 1 is 0.762 bits per heavy atom. The average molecular weight is 370 g/mol. The van der Waals surface area contributed by atoms with Gasteiger partial charge in [-0.15, -0.1) is 0 Å². The second kappa shape index (κ2) is 9.45. The van der Waals surface area contributed by atoms with Crippen LogP contribution in [-0.2, 0) is 26.7 Å². The number of halogens is 6. The predicted molar refractivity (Wildman–Crippen MR) is 49.6 cm³/mol. The molecule has 11 heteroatoms. The van der Waals surface area contributed by atoms with Crippen molar-refractivity contribution in [3.8, 4) is 0 Å². The number of hydrogen-bond donors (Lipinski definition) is 0. The Balaban J connectivity index is -0.000000295. The van der Waals surface area contributed by atoms with Crippen LogP contribution in [0.5, 0.6) is 0 Å². The Morgan fingerprint density at radius 2 is 0.952 bits per heavy atom. The van der Waals surface area contributed by atoms with Gasteiger partial charge in [-0.05, 0) is 37.5 Å². The summed E-state index contributed by atoms with van der Waals surface area (Å²) in [5.74, 6) is -6.02. The molecule has 0 atom stereocenters. The van der Waals surface area contributed by atoms with Crippen molar-refractivity contribution in [2.24, 2.45) is 0 Å². The summed E-state index contributed by atoms with van der Waals surface area (Å²) in [5.41, 5.74) is 0. The third kappa shape index (κ3) is 14.7. The first kappa shape index (κ1) is 24.5. The van der Waals surface area contributed by atoms with Crippen molar-refractivity contribution in [1.29, 1.82) is 0 Å². The molecule has 0 bridgehead atoms. The number of carbonyl (C=O) groups is 2. The van der Waals surface area contributed by atoms with Crippen LogP contribution < -0.4 is 10.2 Å². The number of allylic oxidation sites excluding steroid dienone is 4. The van der Waals surface area contributed by atoms with Gasteiger partial charge in [-0.3, -0.25) is 9.59 Å². The Labute approximate surface area is 125 Å². The van der Waals surface area contributed by atoms with Crippen LogP contribution in [0.4, 0.5) is 26.3 Å². The molecule has 0 aromatic heterocycles. The smallest absolute Gasteiger partial charge is 0.869 e. The van der Waals surface area contributed by atoms with E-state index >= 15 is 0 Å². The summed E-state index contributed by atoms with van der Waals surface area (Å²) in [4.78, 5) is 19.8. The largest absolute Gasteiger partial charge is 2.00 e. The molecule has 0 amide bonds. The molecular weight excluding hydrogens is 362 g/mol. The van der Waals surface area contributed by atoms with Gasteiger partial charge >= 0.3 is 29.4 Å². The summed E-state index contributed by atoms with van der Waals surface area (Å²) in [5, 5.41) is 19.7. The molecule has 0 aromatic carbocycles. The quantitative estimate of drug-likeness (QED) is 0.311. The minimum absolute atomic E-state index is 0. The fourth-order valence-corrected chi connectivity index (χ4v) is 0.533. The first-order valence-electron chi connectivity index (χ1n) is 4.61. The van der Waals surface area contributed by atoms with E-state index < -0.39 is 35.4 Å². The van der Waals surface area contributed by atoms with Crippen LogP contribution in [0, 0.1) is 0 Å². The molecule has 125 valence electrons. The van der Waals surface area contributed by atoms with E-state index in [0.717, 1.165) is 13.8 Å². The molecule has 0 heterocycles. The van der Waals surface area contributed by atoms with E-state index in [9.17, 15) is 46.1 Å². The maximum Gasteiger partial charge on any atom is 2.00 e. The molecule has 1 radical (unpaired) electrons. The SMILES string of the molecule is CC(=O)/C=C(/[O-])C(F)(F)F.CC(=O)/C=C(\[O-])C(F)(F)F.[Cu+2]. The first-order valence-corrected chi connectivity index (χ1v) is 4.61. The van der Waals surface area contributed by atoms with Gasteiger partial charge in [0.2, 0.25) is 0 Å². The number of alkyl halides is 6. The fourth-order valence-electron chi connectivity index (χ4n) is 0.533. The van der Waals surface area contributed by atoms with Crippen LogP contribution in [0.3, 0.4) is 0 Å². The van der Waals surface area contributed by atoms with E-state index in [4.69, 9.17) is 0 Å². The second-order valence-electron chi connectivity index (χ2n) is 3.23. The normalized spacial score (nSPS) is 12.8. The Morgan fingerprint density at radius 3 is 1.00 bits per heavy atom. The number of carbonyl (C=O) groups excluding carboxylic acids is 2. The molecule has 0 rings (SSSR count). The van der Waals surface area contributed by atoms with E-state index in [0.29, 0.717) is 0 Å². The van der Waals surface area contributed by atoms with Gasteiger partial charge in [0, 0.05) is 0 Å². The minimum atomic E-state index is -4.92. The van der Waals surface area contributed by atoms with Gasteiger partial charge in [-0.2, -0.15) is 26.3 Å². The van der Waals surface area contributed by atoms with E-state index in [-0.39, 0.29) is 29.2 Å². The van der Waals surface area contributed by atoms with Gasteiger partial charge in [0.1, 0.15) is 0 Å². The van der Waals surface area contributed by atoms with Crippen molar-refractivity contribution in [2.75, 3.05) is 0 Å². The van der Waals surface area contributed by atoms with Crippen LogP contribution in [0.25, 0.3) is 0 Å².